The molecule has 2 heterocycles. The van der Waals surface area contributed by atoms with Crippen LogP contribution >= 0.6 is 11.6 Å². The summed E-state index contributed by atoms with van der Waals surface area (Å²) in [4.78, 5) is 25.9. The Bertz CT molecular complexity index is 473. The van der Waals surface area contributed by atoms with Crippen molar-refractivity contribution in [3.63, 3.8) is 0 Å². The Morgan fingerprint density at radius 2 is 2.16 bits per heavy atom. The number of fused-ring (bicyclic) bond motifs is 3. The van der Waals surface area contributed by atoms with Crippen LogP contribution in [0, 0.1) is 5.92 Å². The first-order valence-corrected chi connectivity index (χ1v) is 7.37. The van der Waals surface area contributed by atoms with E-state index in [9.17, 15) is 14.7 Å². The molecule has 4 nitrogen and oxygen atoms in total. The number of alkyl halides is 1. The molecule has 2 fully saturated rings. The van der Waals surface area contributed by atoms with Gasteiger partial charge in [-0.2, -0.15) is 0 Å². The first-order valence-electron chi connectivity index (χ1n) is 6.84. The third-order valence-electron chi connectivity index (χ3n) is 4.86. The molecule has 1 amide bonds. The SMILES string of the molecule is CC1=C(CCCl)C(=O)N2[C@@H]3CC(=O)CC[C@@H]3[C@H](O)[C@H]12. The van der Waals surface area contributed by atoms with Crippen LogP contribution in [0.2, 0.25) is 0 Å². The summed E-state index contributed by atoms with van der Waals surface area (Å²) in [5, 5.41) is 10.5. The zero-order chi connectivity index (χ0) is 13.7. The summed E-state index contributed by atoms with van der Waals surface area (Å²) in [5.41, 5.74) is 1.68. The second kappa shape index (κ2) is 4.60. The summed E-state index contributed by atoms with van der Waals surface area (Å²) in [5.74, 6) is 0.635. The summed E-state index contributed by atoms with van der Waals surface area (Å²) in [6.07, 6.45) is 1.63. The van der Waals surface area contributed by atoms with Crippen molar-refractivity contribution in [2.75, 3.05) is 5.88 Å². The lowest BCUT2D eigenvalue weighted by Gasteiger charge is -2.30. The van der Waals surface area contributed by atoms with Crippen molar-refractivity contribution in [2.24, 2.45) is 5.92 Å². The van der Waals surface area contributed by atoms with E-state index in [4.69, 9.17) is 11.6 Å². The molecule has 1 N–H and O–H groups in total. The van der Waals surface area contributed by atoms with Crippen molar-refractivity contribution in [1.29, 1.82) is 0 Å². The van der Waals surface area contributed by atoms with Gasteiger partial charge in [-0.25, -0.2) is 0 Å². The molecule has 3 aliphatic rings. The molecule has 0 aromatic heterocycles. The van der Waals surface area contributed by atoms with Gasteiger partial charge < -0.3 is 10.0 Å². The normalized spacial score (nSPS) is 37.9. The lowest BCUT2D eigenvalue weighted by molar-refractivity contribution is -0.130. The van der Waals surface area contributed by atoms with E-state index in [0.29, 0.717) is 31.6 Å². The zero-order valence-corrected chi connectivity index (χ0v) is 11.7. The van der Waals surface area contributed by atoms with E-state index in [1.165, 1.54) is 0 Å². The topological polar surface area (TPSA) is 57.6 Å². The molecule has 3 rings (SSSR count). The largest absolute Gasteiger partial charge is 0.390 e. The maximum Gasteiger partial charge on any atom is 0.250 e. The van der Waals surface area contributed by atoms with Gasteiger partial charge in [0, 0.05) is 36.3 Å². The summed E-state index contributed by atoms with van der Waals surface area (Å²) in [7, 11) is 0. The molecule has 0 bridgehead atoms. The Kier molecular flexibility index (Phi) is 3.18. The van der Waals surface area contributed by atoms with E-state index in [1.54, 1.807) is 4.90 Å². The molecular weight excluding hydrogens is 266 g/mol. The molecule has 0 radical (unpaired) electrons. The fourth-order valence-corrected chi connectivity index (χ4v) is 4.15. The average Bonchev–Trinajstić information content (AvgIpc) is 2.79. The third-order valence-corrected chi connectivity index (χ3v) is 5.05. The van der Waals surface area contributed by atoms with Crippen molar-refractivity contribution >= 4 is 23.3 Å². The number of aliphatic hydroxyl groups is 1. The molecule has 4 atom stereocenters. The quantitative estimate of drug-likeness (QED) is 0.776. The Morgan fingerprint density at radius 3 is 2.84 bits per heavy atom. The lowest BCUT2D eigenvalue weighted by atomic mass is 9.81. The number of carbonyl (C=O) groups excluding carboxylic acids is 2. The minimum Gasteiger partial charge on any atom is -0.390 e. The summed E-state index contributed by atoms with van der Waals surface area (Å²) in [6, 6.07) is -0.344. The molecule has 0 spiro atoms. The molecular formula is C14H18ClNO3. The molecule has 1 saturated carbocycles. The molecule has 19 heavy (non-hydrogen) atoms. The van der Waals surface area contributed by atoms with Gasteiger partial charge >= 0.3 is 0 Å². The van der Waals surface area contributed by atoms with E-state index in [-0.39, 0.29) is 29.7 Å². The van der Waals surface area contributed by atoms with Gasteiger partial charge in [0.05, 0.1) is 12.1 Å². The van der Waals surface area contributed by atoms with Crippen LogP contribution < -0.4 is 0 Å². The average molecular weight is 284 g/mol. The number of hydrogen-bond donors (Lipinski definition) is 1. The van der Waals surface area contributed by atoms with Gasteiger partial charge in [0.15, 0.2) is 0 Å². The maximum absolute atomic E-state index is 12.5. The van der Waals surface area contributed by atoms with Crippen LogP contribution in [0.3, 0.4) is 0 Å². The van der Waals surface area contributed by atoms with Crippen molar-refractivity contribution in [3.05, 3.63) is 11.1 Å². The third kappa shape index (κ3) is 1.77. The van der Waals surface area contributed by atoms with Gasteiger partial charge in [0.2, 0.25) is 0 Å². The molecule has 1 saturated heterocycles. The van der Waals surface area contributed by atoms with Crippen LogP contribution in [-0.4, -0.2) is 45.8 Å². The number of carbonyl (C=O) groups is 2. The van der Waals surface area contributed by atoms with E-state index in [1.807, 2.05) is 6.92 Å². The predicted octanol–water partition coefficient (Wildman–Crippen LogP) is 1.25. The summed E-state index contributed by atoms with van der Waals surface area (Å²) in [6.45, 7) is 1.91. The monoisotopic (exact) mass is 283 g/mol. The van der Waals surface area contributed by atoms with Crippen molar-refractivity contribution < 1.29 is 14.7 Å². The van der Waals surface area contributed by atoms with Crippen molar-refractivity contribution in [1.82, 2.24) is 4.90 Å². The van der Waals surface area contributed by atoms with Gasteiger partial charge in [-0.3, -0.25) is 9.59 Å². The van der Waals surface area contributed by atoms with Crippen LogP contribution in [0.1, 0.15) is 32.6 Å². The van der Waals surface area contributed by atoms with Gasteiger partial charge in [0.25, 0.3) is 5.91 Å². The number of nitrogens with zero attached hydrogens (tertiary/aromatic N) is 1. The fraction of sp³-hybridized carbons (Fsp3) is 0.714. The number of halogens is 1. The summed E-state index contributed by atoms with van der Waals surface area (Å²) >= 11 is 5.74. The zero-order valence-electron chi connectivity index (χ0n) is 10.9. The Morgan fingerprint density at radius 1 is 1.42 bits per heavy atom. The van der Waals surface area contributed by atoms with Crippen molar-refractivity contribution in [3.8, 4) is 0 Å². The lowest BCUT2D eigenvalue weighted by Crippen LogP contribution is -2.42. The highest BCUT2D eigenvalue weighted by atomic mass is 35.5. The molecule has 0 aromatic rings. The van der Waals surface area contributed by atoms with Crippen LogP contribution in [-0.2, 0) is 9.59 Å². The number of Topliss-reactive ketones (excluding diaryl/α,β-unsaturated/α-hetero) is 1. The van der Waals surface area contributed by atoms with Gasteiger partial charge in [0.1, 0.15) is 5.78 Å². The second-order valence-electron chi connectivity index (χ2n) is 5.76. The van der Waals surface area contributed by atoms with E-state index >= 15 is 0 Å². The maximum atomic E-state index is 12.5. The number of rotatable bonds is 2. The summed E-state index contributed by atoms with van der Waals surface area (Å²) < 4.78 is 0. The van der Waals surface area contributed by atoms with Crippen molar-refractivity contribution in [2.45, 2.75) is 50.8 Å². The van der Waals surface area contributed by atoms with Gasteiger partial charge in [-0.05, 0) is 25.3 Å². The highest BCUT2D eigenvalue weighted by molar-refractivity contribution is 6.18. The number of hydrogen-bond acceptors (Lipinski definition) is 3. The molecule has 5 heteroatoms. The first-order chi connectivity index (χ1) is 9.06. The van der Waals surface area contributed by atoms with Gasteiger partial charge in [-0.1, -0.05) is 0 Å². The van der Waals surface area contributed by atoms with Crippen LogP contribution in [0.25, 0.3) is 0 Å². The first kappa shape index (κ1) is 13.1. The van der Waals surface area contributed by atoms with E-state index < -0.39 is 6.10 Å². The molecule has 2 aliphatic heterocycles. The standard InChI is InChI=1S/C14H18ClNO3/c1-7-9(4-5-15)14(19)16-11-6-8(17)2-3-10(11)13(18)12(7)16/h10-13,18H,2-6H2,1H3/t10-,11+,12-,13-/m0/s1. The second-order valence-corrected chi connectivity index (χ2v) is 6.14. The molecule has 1 aliphatic carbocycles. The Hall–Kier alpha value is -0.870. The minimum atomic E-state index is -0.533. The van der Waals surface area contributed by atoms with Gasteiger partial charge in [-0.15, -0.1) is 11.6 Å². The fourth-order valence-electron chi connectivity index (χ4n) is 3.96. The number of amides is 1. The Labute approximate surface area is 117 Å². The molecule has 0 unspecified atom stereocenters. The smallest absolute Gasteiger partial charge is 0.250 e. The van der Waals surface area contributed by atoms with Crippen LogP contribution in [0.15, 0.2) is 11.1 Å². The minimum absolute atomic E-state index is 0.0237. The van der Waals surface area contributed by atoms with E-state index in [0.717, 1.165) is 11.1 Å². The Balaban J connectivity index is 1.95. The predicted molar refractivity (Wildman–Crippen MR) is 70.8 cm³/mol. The van der Waals surface area contributed by atoms with Crippen LogP contribution in [0.5, 0.6) is 0 Å². The molecule has 0 aromatic carbocycles. The molecule has 104 valence electrons. The van der Waals surface area contributed by atoms with E-state index in [2.05, 4.69) is 0 Å². The van der Waals surface area contributed by atoms with Crippen LogP contribution in [0.4, 0.5) is 0 Å². The number of aliphatic hydroxyl groups excluding tert-OH is 1. The highest BCUT2D eigenvalue weighted by Crippen LogP contribution is 2.46. The highest BCUT2D eigenvalue weighted by Gasteiger charge is 2.56. The number of ketones is 1.